The van der Waals surface area contributed by atoms with Crippen LogP contribution in [0.5, 0.6) is 0 Å². The van der Waals surface area contributed by atoms with E-state index >= 15 is 0 Å². The highest BCUT2D eigenvalue weighted by Gasteiger charge is 2.17. The van der Waals surface area contributed by atoms with Crippen LogP contribution >= 0.6 is 23.3 Å². The van der Waals surface area contributed by atoms with Crippen LogP contribution in [0.25, 0.3) is 10.2 Å². The minimum absolute atomic E-state index is 0.520. The molecule has 1 aromatic heterocycles. The molecule has 0 saturated carbocycles. The van der Waals surface area contributed by atoms with E-state index in [2.05, 4.69) is 55.2 Å². The van der Waals surface area contributed by atoms with Crippen LogP contribution in [0.15, 0.2) is 28.6 Å². The van der Waals surface area contributed by atoms with Gasteiger partial charge in [0.05, 0.1) is 10.2 Å². The third-order valence-electron chi connectivity index (χ3n) is 2.48. The van der Waals surface area contributed by atoms with Crippen molar-refractivity contribution in [3.05, 3.63) is 24.3 Å². The number of hydrogen-bond acceptors (Lipinski definition) is 4. The second-order valence-electron chi connectivity index (χ2n) is 4.59. The standard InChI is InChI=1S/C13H18N2S2/c1-9(2)15(10(3)4)17-13-14-11-7-5-6-8-12(11)16-13/h5-10H,1-4H3. The Morgan fingerprint density at radius 1 is 1.12 bits per heavy atom. The van der Waals surface area contributed by atoms with Gasteiger partial charge in [0, 0.05) is 12.1 Å². The second kappa shape index (κ2) is 5.38. The Hall–Kier alpha value is -0.580. The van der Waals surface area contributed by atoms with Gasteiger partial charge in [-0.05, 0) is 51.8 Å². The summed E-state index contributed by atoms with van der Waals surface area (Å²) in [5.41, 5.74) is 1.10. The smallest absolute Gasteiger partial charge is 0.166 e. The molecular weight excluding hydrogens is 248 g/mol. The quantitative estimate of drug-likeness (QED) is 0.762. The van der Waals surface area contributed by atoms with E-state index < -0.39 is 0 Å². The van der Waals surface area contributed by atoms with Gasteiger partial charge in [-0.25, -0.2) is 9.29 Å². The van der Waals surface area contributed by atoms with Crippen LogP contribution in [0.3, 0.4) is 0 Å². The van der Waals surface area contributed by atoms with E-state index in [0.717, 1.165) is 9.86 Å². The van der Waals surface area contributed by atoms with Crippen LogP contribution in [0.1, 0.15) is 27.7 Å². The molecule has 0 saturated heterocycles. The lowest BCUT2D eigenvalue weighted by atomic mass is 10.3. The molecule has 0 atom stereocenters. The van der Waals surface area contributed by atoms with Crippen molar-refractivity contribution in [1.29, 1.82) is 0 Å². The summed E-state index contributed by atoms with van der Waals surface area (Å²) in [5, 5.41) is 0. The molecule has 2 nitrogen and oxygen atoms in total. The van der Waals surface area contributed by atoms with E-state index in [1.165, 1.54) is 4.70 Å². The van der Waals surface area contributed by atoms with Crippen molar-refractivity contribution >= 4 is 33.5 Å². The number of aromatic nitrogens is 1. The maximum atomic E-state index is 4.66. The van der Waals surface area contributed by atoms with Crippen LogP contribution in [0.2, 0.25) is 0 Å². The van der Waals surface area contributed by atoms with Crippen molar-refractivity contribution in [2.75, 3.05) is 0 Å². The molecule has 0 aliphatic carbocycles. The summed E-state index contributed by atoms with van der Waals surface area (Å²) in [7, 11) is 0. The highest BCUT2D eigenvalue weighted by molar-refractivity contribution is 7.99. The number of para-hydroxylation sites is 1. The Kier molecular flexibility index (Phi) is 4.07. The van der Waals surface area contributed by atoms with Crippen molar-refractivity contribution < 1.29 is 0 Å². The van der Waals surface area contributed by atoms with Crippen LogP contribution in [0, 0.1) is 0 Å². The lowest BCUT2D eigenvalue weighted by Gasteiger charge is -2.27. The van der Waals surface area contributed by atoms with Gasteiger partial charge in [0.2, 0.25) is 0 Å². The van der Waals surface area contributed by atoms with Gasteiger partial charge in [0.1, 0.15) is 0 Å². The molecule has 0 N–H and O–H groups in total. The Morgan fingerprint density at radius 2 is 1.76 bits per heavy atom. The topological polar surface area (TPSA) is 16.1 Å². The largest absolute Gasteiger partial charge is 0.239 e. The lowest BCUT2D eigenvalue weighted by molar-refractivity contribution is 0.335. The first-order valence-electron chi connectivity index (χ1n) is 5.90. The Balaban J connectivity index is 2.22. The van der Waals surface area contributed by atoms with Crippen LogP contribution in [0.4, 0.5) is 0 Å². The molecule has 0 amide bonds. The molecule has 0 fully saturated rings. The second-order valence-corrected chi connectivity index (χ2v) is 6.87. The molecular formula is C13H18N2S2. The summed E-state index contributed by atoms with van der Waals surface area (Å²) in [6.07, 6.45) is 0. The van der Waals surface area contributed by atoms with Crippen molar-refractivity contribution in [2.24, 2.45) is 0 Å². The Bertz CT molecular complexity index is 450. The molecule has 0 aliphatic heterocycles. The predicted octanol–water partition coefficient (Wildman–Crippen LogP) is 4.42. The van der Waals surface area contributed by atoms with Gasteiger partial charge in [-0.2, -0.15) is 0 Å². The molecule has 2 aromatic rings. The van der Waals surface area contributed by atoms with Gasteiger partial charge in [-0.3, -0.25) is 0 Å². The molecule has 1 aromatic carbocycles. The Labute approximate surface area is 111 Å². The number of nitrogens with zero attached hydrogens (tertiary/aromatic N) is 2. The number of rotatable bonds is 4. The first-order valence-corrected chi connectivity index (χ1v) is 7.49. The average Bonchev–Trinajstić information content (AvgIpc) is 2.67. The van der Waals surface area contributed by atoms with E-state index in [1.54, 1.807) is 23.3 Å². The first kappa shape index (κ1) is 12.9. The molecule has 0 aliphatic rings. The molecule has 4 heteroatoms. The minimum Gasteiger partial charge on any atom is -0.239 e. The fourth-order valence-corrected chi connectivity index (χ4v) is 3.90. The Morgan fingerprint density at radius 3 is 2.35 bits per heavy atom. The van der Waals surface area contributed by atoms with Crippen molar-refractivity contribution in [2.45, 2.75) is 44.1 Å². The zero-order valence-electron chi connectivity index (χ0n) is 10.7. The number of fused-ring (bicyclic) bond motifs is 1. The van der Waals surface area contributed by atoms with Crippen molar-refractivity contribution in [3.63, 3.8) is 0 Å². The number of thiazole rings is 1. The molecule has 1 heterocycles. The monoisotopic (exact) mass is 266 g/mol. The molecule has 0 bridgehead atoms. The highest BCUT2D eigenvalue weighted by atomic mass is 32.2. The summed E-state index contributed by atoms with van der Waals surface area (Å²) in [4.78, 5) is 4.66. The average molecular weight is 266 g/mol. The fourth-order valence-electron chi connectivity index (χ4n) is 1.79. The number of hydrogen-bond donors (Lipinski definition) is 0. The van der Waals surface area contributed by atoms with Crippen molar-refractivity contribution in [3.8, 4) is 0 Å². The predicted molar refractivity (Wildman–Crippen MR) is 77.6 cm³/mol. The van der Waals surface area contributed by atoms with Crippen LogP contribution in [-0.4, -0.2) is 21.4 Å². The van der Waals surface area contributed by atoms with Gasteiger partial charge < -0.3 is 0 Å². The maximum absolute atomic E-state index is 4.66. The van der Waals surface area contributed by atoms with E-state index in [4.69, 9.17) is 0 Å². The summed E-state index contributed by atoms with van der Waals surface area (Å²) < 4.78 is 4.79. The van der Waals surface area contributed by atoms with Gasteiger partial charge in [0.25, 0.3) is 0 Å². The lowest BCUT2D eigenvalue weighted by Crippen LogP contribution is -2.30. The summed E-state index contributed by atoms with van der Waals surface area (Å²) in [6, 6.07) is 9.35. The highest BCUT2D eigenvalue weighted by Crippen LogP contribution is 2.33. The van der Waals surface area contributed by atoms with Gasteiger partial charge in [0.15, 0.2) is 4.34 Å². The molecule has 17 heavy (non-hydrogen) atoms. The van der Waals surface area contributed by atoms with Gasteiger partial charge in [-0.1, -0.05) is 12.1 Å². The summed E-state index contributed by atoms with van der Waals surface area (Å²) in [5.74, 6) is 0. The SMILES string of the molecule is CC(C)N(Sc1nc2ccccc2s1)C(C)C. The van der Waals surface area contributed by atoms with E-state index in [1.807, 2.05) is 6.07 Å². The fraction of sp³-hybridized carbons (Fsp3) is 0.462. The number of benzene rings is 1. The van der Waals surface area contributed by atoms with E-state index in [-0.39, 0.29) is 0 Å². The van der Waals surface area contributed by atoms with Crippen LogP contribution < -0.4 is 0 Å². The van der Waals surface area contributed by atoms with Gasteiger partial charge >= 0.3 is 0 Å². The first-order chi connectivity index (χ1) is 8.08. The maximum Gasteiger partial charge on any atom is 0.166 e. The van der Waals surface area contributed by atoms with E-state index in [9.17, 15) is 0 Å². The molecule has 0 radical (unpaired) electrons. The minimum atomic E-state index is 0.520. The van der Waals surface area contributed by atoms with E-state index in [0.29, 0.717) is 12.1 Å². The summed E-state index contributed by atoms with van der Waals surface area (Å²) in [6.45, 7) is 8.89. The normalized spacial score (nSPS) is 12.2. The zero-order valence-corrected chi connectivity index (χ0v) is 12.3. The molecule has 92 valence electrons. The molecule has 0 unspecified atom stereocenters. The van der Waals surface area contributed by atoms with Crippen molar-refractivity contribution in [1.82, 2.24) is 9.29 Å². The summed E-state index contributed by atoms with van der Waals surface area (Å²) >= 11 is 3.54. The third-order valence-corrected chi connectivity index (χ3v) is 5.08. The van der Waals surface area contributed by atoms with Crippen LogP contribution in [-0.2, 0) is 0 Å². The molecule has 0 spiro atoms. The zero-order chi connectivity index (χ0) is 12.4. The third kappa shape index (κ3) is 3.00. The molecule has 2 rings (SSSR count). The van der Waals surface area contributed by atoms with Gasteiger partial charge in [-0.15, -0.1) is 11.3 Å².